The molecular weight excluding hydrogens is 528 g/mol. The largest absolute Gasteiger partial charge is 0.342 e. The zero-order valence-electron chi connectivity index (χ0n) is 22.3. The van der Waals surface area contributed by atoms with E-state index < -0.39 is 6.03 Å². The second-order valence-electron chi connectivity index (χ2n) is 9.90. The van der Waals surface area contributed by atoms with Crippen LogP contribution in [0, 0.1) is 0 Å². The minimum atomic E-state index is -0.424. The van der Waals surface area contributed by atoms with E-state index in [1.54, 1.807) is 11.1 Å². The van der Waals surface area contributed by atoms with Crippen molar-refractivity contribution in [1.82, 2.24) is 29.7 Å². The average molecular weight is 557 g/mol. The third-order valence-corrected chi connectivity index (χ3v) is 7.66. The van der Waals surface area contributed by atoms with Crippen LogP contribution in [0.5, 0.6) is 0 Å². The number of nitrogens with zero attached hydrogens (tertiary/aromatic N) is 7. The van der Waals surface area contributed by atoms with E-state index in [0.29, 0.717) is 42.8 Å². The van der Waals surface area contributed by atoms with Crippen molar-refractivity contribution >= 4 is 40.7 Å². The highest BCUT2D eigenvalue weighted by Gasteiger charge is 2.28. The van der Waals surface area contributed by atoms with Crippen LogP contribution in [0.3, 0.4) is 0 Å². The number of carbonyl (C=O) groups excluding carboxylic acids is 2. The first-order valence-corrected chi connectivity index (χ1v) is 13.6. The number of benzene rings is 1. The molecule has 0 saturated carbocycles. The maximum atomic E-state index is 12.4. The first-order chi connectivity index (χ1) is 19.4. The van der Waals surface area contributed by atoms with E-state index in [1.165, 1.54) is 5.56 Å². The Morgan fingerprint density at radius 2 is 1.88 bits per heavy atom. The third kappa shape index (κ3) is 4.91. The summed E-state index contributed by atoms with van der Waals surface area (Å²) >= 11 is 6.36. The molecule has 40 heavy (non-hydrogen) atoms. The minimum Gasteiger partial charge on any atom is -0.342 e. The Balaban J connectivity index is 1.15. The zero-order chi connectivity index (χ0) is 27.8. The second-order valence-corrected chi connectivity index (χ2v) is 10.3. The normalized spacial score (nSPS) is 15.3. The highest BCUT2D eigenvalue weighted by atomic mass is 35.5. The Morgan fingerprint density at radius 3 is 2.62 bits per heavy atom. The lowest BCUT2D eigenvalue weighted by molar-refractivity contribution is -0.120. The van der Waals surface area contributed by atoms with Crippen LogP contribution in [-0.4, -0.2) is 49.9 Å². The number of fused-ring (bicyclic) bond motifs is 1. The van der Waals surface area contributed by atoms with Gasteiger partial charge in [0, 0.05) is 46.2 Å². The highest BCUT2D eigenvalue weighted by molar-refractivity contribution is 6.33. The topological polar surface area (TPSA) is 99.5 Å². The van der Waals surface area contributed by atoms with Gasteiger partial charge in [0.05, 0.1) is 40.2 Å². The fourth-order valence-electron chi connectivity index (χ4n) is 5.24. The van der Waals surface area contributed by atoms with Crippen molar-refractivity contribution in [3.8, 4) is 11.5 Å². The van der Waals surface area contributed by atoms with E-state index in [-0.39, 0.29) is 12.3 Å². The Hall–Kier alpha value is -4.28. The summed E-state index contributed by atoms with van der Waals surface area (Å²) in [6, 6.07) is 15.5. The minimum absolute atomic E-state index is 0.260. The van der Waals surface area contributed by atoms with E-state index in [9.17, 15) is 9.59 Å². The van der Waals surface area contributed by atoms with Gasteiger partial charge in [-0.1, -0.05) is 29.8 Å². The van der Waals surface area contributed by atoms with Crippen LogP contribution in [-0.2, 0) is 31.0 Å². The second kappa shape index (κ2) is 10.7. The molecule has 1 saturated heterocycles. The highest BCUT2D eigenvalue weighted by Crippen LogP contribution is 2.31. The van der Waals surface area contributed by atoms with Crippen LogP contribution < -0.4 is 15.1 Å². The molecule has 10 nitrogen and oxygen atoms in total. The SMILES string of the molecule is CCn1c(N2CCC(=O)NC2=O)cnc1-c1ccc2c(n1)CN(Cc1ccc(N(C)c3ccccc3Cl)cn1)C2. The number of para-hydroxylation sites is 1. The van der Waals surface area contributed by atoms with Gasteiger partial charge in [0.15, 0.2) is 5.82 Å². The molecule has 3 aromatic heterocycles. The molecule has 0 spiro atoms. The molecule has 1 aromatic carbocycles. The Kier molecular flexibility index (Phi) is 6.95. The lowest BCUT2D eigenvalue weighted by Crippen LogP contribution is -2.50. The Bertz CT molecular complexity index is 1590. The molecule has 11 heteroatoms. The average Bonchev–Trinajstić information content (AvgIpc) is 3.56. The van der Waals surface area contributed by atoms with E-state index in [4.69, 9.17) is 21.6 Å². The fourth-order valence-corrected chi connectivity index (χ4v) is 5.50. The molecule has 3 amide bonds. The summed E-state index contributed by atoms with van der Waals surface area (Å²) in [6.07, 6.45) is 3.81. The molecule has 5 heterocycles. The van der Waals surface area contributed by atoms with Gasteiger partial charge in [0.1, 0.15) is 11.5 Å². The molecule has 0 aliphatic carbocycles. The molecule has 0 unspecified atom stereocenters. The van der Waals surface area contributed by atoms with Gasteiger partial charge in [-0.2, -0.15) is 0 Å². The number of carbonyl (C=O) groups is 2. The number of aromatic nitrogens is 4. The molecule has 1 N–H and O–H groups in total. The van der Waals surface area contributed by atoms with Crippen LogP contribution in [0.4, 0.5) is 22.0 Å². The quantitative estimate of drug-likeness (QED) is 0.351. The fraction of sp³-hybridized carbons (Fsp3) is 0.276. The van der Waals surface area contributed by atoms with E-state index >= 15 is 0 Å². The number of hydrogen-bond donors (Lipinski definition) is 1. The summed E-state index contributed by atoms with van der Waals surface area (Å²) < 4.78 is 1.96. The van der Waals surface area contributed by atoms with Gasteiger partial charge in [-0.05, 0) is 42.8 Å². The van der Waals surface area contributed by atoms with Crippen molar-refractivity contribution in [2.24, 2.45) is 0 Å². The molecule has 1 fully saturated rings. The maximum Gasteiger partial charge on any atom is 0.329 e. The van der Waals surface area contributed by atoms with E-state index in [0.717, 1.165) is 35.0 Å². The summed E-state index contributed by atoms with van der Waals surface area (Å²) in [6.45, 7) is 5.15. The summed E-state index contributed by atoms with van der Waals surface area (Å²) in [5.41, 5.74) is 5.83. The predicted molar refractivity (Wildman–Crippen MR) is 153 cm³/mol. The standard InChI is InChI=1S/C29H29ClN8O2/c1-3-37-27(38-13-12-26(39)34-29(38)40)15-32-28(37)23-11-8-19-16-36(18-24(19)33-23)17-20-9-10-21(14-31-20)35(2)25-7-5-4-6-22(25)30/h4-11,14-15H,3,12-13,16-18H2,1-2H3,(H,34,39,40). The number of pyridine rings is 2. The maximum absolute atomic E-state index is 12.4. The van der Waals surface area contributed by atoms with Crippen molar-refractivity contribution in [2.45, 2.75) is 39.5 Å². The number of urea groups is 1. The number of imidazole rings is 1. The lowest BCUT2D eigenvalue weighted by Gasteiger charge is -2.27. The smallest absolute Gasteiger partial charge is 0.329 e. The van der Waals surface area contributed by atoms with Crippen molar-refractivity contribution in [2.75, 3.05) is 23.4 Å². The molecule has 0 bridgehead atoms. The van der Waals surface area contributed by atoms with Gasteiger partial charge in [0.2, 0.25) is 5.91 Å². The van der Waals surface area contributed by atoms with Crippen LogP contribution in [0.25, 0.3) is 11.5 Å². The van der Waals surface area contributed by atoms with Crippen molar-refractivity contribution < 1.29 is 9.59 Å². The Morgan fingerprint density at radius 1 is 1.02 bits per heavy atom. The number of hydrogen-bond acceptors (Lipinski definition) is 7. The van der Waals surface area contributed by atoms with E-state index in [2.05, 4.69) is 33.4 Å². The first kappa shape index (κ1) is 26.0. The van der Waals surface area contributed by atoms with Crippen LogP contribution in [0.2, 0.25) is 5.02 Å². The van der Waals surface area contributed by atoms with Gasteiger partial charge >= 0.3 is 6.03 Å². The molecular formula is C29H29ClN8O2. The van der Waals surface area contributed by atoms with Gasteiger partial charge in [0.25, 0.3) is 0 Å². The van der Waals surface area contributed by atoms with Crippen molar-refractivity contribution in [3.63, 3.8) is 0 Å². The molecule has 4 aromatic rings. The predicted octanol–water partition coefficient (Wildman–Crippen LogP) is 4.74. The molecule has 6 rings (SSSR count). The van der Waals surface area contributed by atoms with Crippen LogP contribution in [0.1, 0.15) is 30.3 Å². The number of halogens is 1. The molecule has 2 aliphatic heterocycles. The van der Waals surface area contributed by atoms with Gasteiger partial charge < -0.3 is 9.47 Å². The van der Waals surface area contributed by atoms with Gasteiger partial charge in [-0.25, -0.2) is 14.8 Å². The summed E-state index contributed by atoms with van der Waals surface area (Å²) in [7, 11) is 1.98. The molecule has 204 valence electrons. The number of nitrogens with one attached hydrogen (secondary N) is 1. The molecule has 0 radical (unpaired) electrons. The van der Waals surface area contributed by atoms with Crippen molar-refractivity contribution in [3.05, 3.63) is 82.9 Å². The summed E-state index contributed by atoms with van der Waals surface area (Å²) in [4.78, 5) is 44.2. The van der Waals surface area contributed by atoms with Crippen LogP contribution in [0.15, 0.2) is 60.9 Å². The number of rotatable bonds is 7. The van der Waals surface area contributed by atoms with Crippen LogP contribution >= 0.6 is 11.6 Å². The zero-order valence-corrected chi connectivity index (χ0v) is 23.1. The Labute approximate surface area is 237 Å². The molecule has 2 aliphatic rings. The number of amides is 3. The molecule has 0 atom stereocenters. The number of anilines is 3. The summed E-state index contributed by atoms with van der Waals surface area (Å²) in [5, 5.41) is 3.07. The summed E-state index contributed by atoms with van der Waals surface area (Å²) in [5.74, 6) is 1.09. The van der Waals surface area contributed by atoms with Crippen molar-refractivity contribution in [1.29, 1.82) is 0 Å². The van der Waals surface area contributed by atoms with Gasteiger partial charge in [-0.15, -0.1) is 0 Å². The third-order valence-electron chi connectivity index (χ3n) is 7.34. The monoisotopic (exact) mass is 556 g/mol. The number of imide groups is 1. The van der Waals surface area contributed by atoms with Gasteiger partial charge in [-0.3, -0.25) is 24.9 Å². The lowest BCUT2D eigenvalue weighted by atomic mass is 10.2. The van der Waals surface area contributed by atoms with E-state index in [1.807, 2.05) is 60.0 Å². The first-order valence-electron chi connectivity index (χ1n) is 13.2.